The Bertz CT molecular complexity index is 2680. The van der Waals surface area contributed by atoms with Crippen molar-refractivity contribution in [3.8, 4) is 33.8 Å². The van der Waals surface area contributed by atoms with Crippen molar-refractivity contribution < 1.29 is 0 Å². The smallest absolute Gasteiger partial charge is 0.0972 e. The summed E-state index contributed by atoms with van der Waals surface area (Å²) >= 11 is 0. The molecule has 0 atom stereocenters. The normalized spacial score (nSPS) is 11.8. The molecular weight excluding hydrogens is 601 g/mol. The molecule has 9 aromatic rings. The summed E-state index contributed by atoms with van der Waals surface area (Å²) in [6.45, 7) is 5.86. The summed E-state index contributed by atoms with van der Waals surface area (Å²) in [4.78, 5) is 29.7. The SMILES string of the molecule is C=CC=Nc1c(C)ccc2ccc(-c3cc(-c4ccc5ccc6cccnc6c5n4)cc(-c4ccc5ccc6cccnc6c5n4)c3)nc12. The van der Waals surface area contributed by atoms with Gasteiger partial charge in [-0.2, -0.15) is 0 Å². The molecule has 6 nitrogen and oxygen atoms in total. The van der Waals surface area contributed by atoms with Gasteiger partial charge in [-0.3, -0.25) is 15.0 Å². The molecule has 0 aliphatic carbocycles. The van der Waals surface area contributed by atoms with Gasteiger partial charge in [-0.05, 0) is 61.0 Å². The number of aliphatic imine (C=N–C) groups is 1. The van der Waals surface area contributed by atoms with E-state index >= 15 is 0 Å². The molecule has 0 N–H and O–H groups in total. The van der Waals surface area contributed by atoms with E-state index in [0.29, 0.717) is 0 Å². The lowest BCUT2D eigenvalue weighted by Crippen LogP contribution is -1.94. The van der Waals surface area contributed by atoms with Gasteiger partial charge < -0.3 is 0 Å². The average Bonchev–Trinajstić information content (AvgIpc) is 3.16. The Morgan fingerprint density at radius 3 is 1.39 bits per heavy atom. The molecule has 0 aliphatic heterocycles. The van der Waals surface area contributed by atoms with Gasteiger partial charge in [-0.1, -0.05) is 79.4 Å². The van der Waals surface area contributed by atoms with Crippen LogP contribution >= 0.6 is 0 Å². The van der Waals surface area contributed by atoms with Crippen LogP contribution in [0, 0.1) is 6.92 Å². The third-order valence-corrected chi connectivity index (χ3v) is 9.03. The number of fused-ring (bicyclic) bond motifs is 7. The maximum atomic E-state index is 5.20. The molecule has 5 aromatic heterocycles. The van der Waals surface area contributed by atoms with Gasteiger partial charge in [0.05, 0.1) is 50.4 Å². The number of pyridine rings is 5. The van der Waals surface area contributed by atoms with Crippen LogP contribution in [0.4, 0.5) is 5.69 Å². The molecule has 0 amide bonds. The second-order valence-corrected chi connectivity index (χ2v) is 12.1. The molecule has 0 saturated heterocycles. The van der Waals surface area contributed by atoms with Gasteiger partial charge in [0.1, 0.15) is 0 Å². The summed E-state index contributed by atoms with van der Waals surface area (Å²) in [6, 6.07) is 39.6. The van der Waals surface area contributed by atoms with Crippen LogP contribution in [0.1, 0.15) is 5.56 Å². The Kier molecular flexibility index (Phi) is 6.73. The number of benzene rings is 4. The van der Waals surface area contributed by atoms with Gasteiger partial charge >= 0.3 is 0 Å². The number of hydrogen-bond donors (Lipinski definition) is 0. The number of nitrogens with zero attached hydrogens (tertiary/aromatic N) is 6. The van der Waals surface area contributed by atoms with Crippen LogP contribution in [0.3, 0.4) is 0 Å². The minimum absolute atomic E-state index is 0.831. The standard InChI is InChI=1S/C43H28N6/c1-3-20-44-38-26(2)8-9-29-14-17-35(47-41(29)38)32-23-33(36-18-15-30-12-10-27-6-4-21-45-39(27)42(30)48-36)25-34(24-32)37-19-16-31-13-11-28-7-5-22-46-40(28)43(31)49-37/h3-25H,1H2,2H3. The topological polar surface area (TPSA) is 76.8 Å². The molecule has 0 fully saturated rings. The van der Waals surface area contributed by atoms with Crippen LogP contribution in [0.2, 0.25) is 0 Å². The van der Waals surface area contributed by atoms with E-state index in [4.69, 9.17) is 15.0 Å². The van der Waals surface area contributed by atoms with Gasteiger partial charge in [0.15, 0.2) is 0 Å². The van der Waals surface area contributed by atoms with E-state index in [1.165, 1.54) is 0 Å². The first-order valence-electron chi connectivity index (χ1n) is 16.1. The zero-order chi connectivity index (χ0) is 32.9. The van der Waals surface area contributed by atoms with E-state index < -0.39 is 0 Å². The van der Waals surface area contributed by atoms with Crippen molar-refractivity contribution in [3.63, 3.8) is 0 Å². The van der Waals surface area contributed by atoms with E-state index in [1.54, 1.807) is 12.3 Å². The second kappa shape index (κ2) is 11.5. The van der Waals surface area contributed by atoms with Crippen LogP contribution in [0.15, 0.2) is 145 Å². The first-order valence-corrected chi connectivity index (χ1v) is 16.1. The summed E-state index contributed by atoms with van der Waals surface area (Å²) < 4.78 is 0. The summed E-state index contributed by atoms with van der Waals surface area (Å²) in [5, 5.41) is 5.22. The summed E-state index contributed by atoms with van der Waals surface area (Å²) in [5.74, 6) is 0. The molecule has 9 rings (SSSR count). The van der Waals surface area contributed by atoms with Crippen LogP contribution in [0.5, 0.6) is 0 Å². The summed E-state index contributed by atoms with van der Waals surface area (Å²) in [5.41, 5.74) is 11.6. The molecular formula is C43H28N6. The van der Waals surface area contributed by atoms with Gasteiger partial charge in [0, 0.05) is 62.2 Å². The molecule has 230 valence electrons. The molecule has 6 heteroatoms. The molecule has 0 spiro atoms. The van der Waals surface area contributed by atoms with Crippen LogP contribution in [-0.2, 0) is 0 Å². The largest absolute Gasteiger partial charge is 0.254 e. The highest BCUT2D eigenvalue weighted by molar-refractivity contribution is 6.05. The molecule has 0 radical (unpaired) electrons. The minimum atomic E-state index is 0.831. The molecule has 0 saturated carbocycles. The fraction of sp³-hybridized carbons (Fsp3) is 0.0233. The predicted octanol–water partition coefficient (Wildman–Crippen LogP) is 10.6. The molecule has 5 heterocycles. The number of aryl methyl sites for hydroxylation is 1. The van der Waals surface area contributed by atoms with E-state index in [0.717, 1.165) is 99.5 Å². The number of hydrogen-bond acceptors (Lipinski definition) is 6. The monoisotopic (exact) mass is 628 g/mol. The van der Waals surface area contributed by atoms with Crippen molar-refractivity contribution in [3.05, 3.63) is 146 Å². The van der Waals surface area contributed by atoms with Gasteiger partial charge in [0.25, 0.3) is 0 Å². The van der Waals surface area contributed by atoms with Crippen molar-refractivity contribution >= 4 is 66.4 Å². The van der Waals surface area contributed by atoms with E-state index in [-0.39, 0.29) is 0 Å². The molecule has 0 unspecified atom stereocenters. The van der Waals surface area contributed by atoms with Gasteiger partial charge in [0.2, 0.25) is 0 Å². The Morgan fingerprint density at radius 2 is 0.898 bits per heavy atom. The quantitative estimate of drug-likeness (QED) is 0.140. The summed E-state index contributed by atoms with van der Waals surface area (Å²) in [7, 11) is 0. The van der Waals surface area contributed by atoms with Crippen molar-refractivity contribution in [2.45, 2.75) is 6.92 Å². The van der Waals surface area contributed by atoms with Crippen molar-refractivity contribution in [2.24, 2.45) is 4.99 Å². The predicted molar refractivity (Wildman–Crippen MR) is 202 cm³/mol. The van der Waals surface area contributed by atoms with Crippen LogP contribution in [-0.4, -0.2) is 31.1 Å². The maximum Gasteiger partial charge on any atom is 0.0972 e. The third kappa shape index (κ3) is 4.98. The highest BCUT2D eigenvalue weighted by Crippen LogP contribution is 2.36. The average molecular weight is 629 g/mol. The fourth-order valence-corrected chi connectivity index (χ4v) is 6.57. The Hall–Kier alpha value is -6.66. The second-order valence-electron chi connectivity index (χ2n) is 12.1. The van der Waals surface area contributed by atoms with Gasteiger partial charge in [-0.15, -0.1) is 0 Å². The number of allylic oxidation sites excluding steroid dienone is 1. The molecule has 0 aliphatic rings. The zero-order valence-corrected chi connectivity index (χ0v) is 26.7. The first-order chi connectivity index (χ1) is 24.1. The summed E-state index contributed by atoms with van der Waals surface area (Å²) in [6.07, 6.45) is 7.03. The molecule has 4 aromatic carbocycles. The highest BCUT2D eigenvalue weighted by Gasteiger charge is 2.15. The number of rotatable bonds is 5. The number of aromatic nitrogens is 5. The molecule has 0 bridgehead atoms. The lowest BCUT2D eigenvalue weighted by Gasteiger charge is -2.13. The third-order valence-electron chi connectivity index (χ3n) is 9.03. The Balaban J connectivity index is 1.29. The Morgan fingerprint density at radius 1 is 0.490 bits per heavy atom. The van der Waals surface area contributed by atoms with E-state index in [1.807, 2.05) is 24.5 Å². The maximum absolute atomic E-state index is 5.20. The fourth-order valence-electron chi connectivity index (χ4n) is 6.57. The first kappa shape index (κ1) is 28.6. The van der Waals surface area contributed by atoms with Crippen molar-refractivity contribution in [1.82, 2.24) is 24.9 Å². The minimum Gasteiger partial charge on any atom is -0.254 e. The lowest BCUT2D eigenvalue weighted by molar-refractivity contribution is 1.34. The van der Waals surface area contributed by atoms with Gasteiger partial charge in [-0.25, -0.2) is 15.0 Å². The van der Waals surface area contributed by atoms with E-state index in [9.17, 15) is 0 Å². The zero-order valence-electron chi connectivity index (χ0n) is 26.7. The lowest BCUT2D eigenvalue weighted by atomic mass is 9.97. The van der Waals surface area contributed by atoms with Crippen LogP contribution < -0.4 is 0 Å². The van der Waals surface area contributed by atoms with Crippen LogP contribution in [0.25, 0.3) is 88.3 Å². The Labute approximate surface area is 282 Å². The van der Waals surface area contributed by atoms with E-state index in [2.05, 4.69) is 132 Å². The van der Waals surface area contributed by atoms with Crippen molar-refractivity contribution in [2.75, 3.05) is 0 Å². The highest BCUT2D eigenvalue weighted by atomic mass is 14.8. The van der Waals surface area contributed by atoms with Crippen molar-refractivity contribution in [1.29, 1.82) is 0 Å². The molecule has 49 heavy (non-hydrogen) atoms.